The first-order chi connectivity index (χ1) is 8.87. The van der Waals surface area contributed by atoms with Gasteiger partial charge in [-0.25, -0.2) is 9.78 Å². The van der Waals surface area contributed by atoms with Crippen LogP contribution < -0.4 is 0 Å². The topological polar surface area (TPSA) is 58.2 Å². The van der Waals surface area contributed by atoms with Crippen molar-refractivity contribution in [2.75, 3.05) is 13.1 Å². The number of imidazole rings is 1. The minimum absolute atomic E-state index is 0.224. The maximum Gasteiger partial charge on any atom is 0.410 e. The molecule has 0 bridgehead atoms. The number of rotatable bonds is 3. The van der Waals surface area contributed by atoms with Crippen molar-refractivity contribution in [2.24, 2.45) is 0 Å². The molecule has 106 valence electrons. The summed E-state index contributed by atoms with van der Waals surface area (Å²) in [4.78, 5) is 21.1. The van der Waals surface area contributed by atoms with Crippen molar-refractivity contribution in [1.82, 2.24) is 14.9 Å². The average molecular weight is 283 g/mol. The second-order valence-corrected chi connectivity index (χ2v) is 6.98. The Labute approximate surface area is 118 Å². The van der Waals surface area contributed by atoms with Crippen LogP contribution >= 0.6 is 11.8 Å². The Kier molecular flexibility index (Phi) is 4.08. The van der Waals surface area contributed by atoms with Crippen molar-refractivity contribution < 1.29 is 9.53 Å². The Morgan fingerprint density at radius 3 is 2.79 bits per heavy atom. The standard InChI is InChI=1S/C13H21N3O2S/c1-5-9-6-14-11(15-9)19-10-7-16(8-10)12(17)18-13(2,3)4/h6,10H,5,7-8H2,1-4H3,(H,14,15). The van der Waals surface area contributed by atoms with Crippen LogP contribution in [0.2, 0.25) is 0 Å². The Bertz CT molecular complexity index is 447. The molecule has 6 heteroatoms. The van der Waals surface area contributed by atoms with Gasteiger partial charge in [-0.3, -0.25) is 0 Å². The van der Waals surface area contributed by atoms with E-state index >= 15 is 0 Å². The fourth-order valence-electron chi connectivity index (χ4n) is 1.72. The summed E-state index contributed by atoms with van der Waals surface area (Å²) in [5.74, 6) is 0. The second-order valence-electron chi connectivity index (χ2n) is 5.69. The Morgan fingerprint density at radius 2 is 2.26 bits per heavy atom. The minimum Gasteiger partial charge on any atom is -0.444 e. The Morgan fingerprint density at radius 1 is 1.58 bits per heavy atom. The number of thioether (sulfide) groups is 1. The highest BCUT2D eigenvalue weighted by molar-refractivity contribution is 7.99. The van der Waals surface area contributed by atoms with Crippen molar-refractivity contribution in [3.63, 3.8) is 0 Å². The number of hydrogen-bond donors (Lipinski definition) is 1. The molecule has 1 saturated heterocycles. The number of amides is 1. The molecule has 5 nitrogen and oxygen atoms in total. The number of aryl methyl sites for hydroxylation is 1. The van der Waals surface area contributed by atoms with Gasteiger partial charge in [0.1, 0.15) is 5.60 Å². The molecule has 1 fully saturated rings. The van der Waals surface area contributed by atoms with Crippen LogP contribution in [0.3, 0.4) is 0 Å². The van der Waals surface area contributed by atoms with Gasteiger partial charge in [0.25, 0.3) is 0 Å². The zero-order valence-corrected chi connectivity index (χ0v) is 12.7. The molecule has 0 spiro atoms. The maximum atomic E-state index is 11.8. The summed E-state index contributed by atoms with van der Waals surface area (Å²) in [6.45, 7) is 9.18. The number of aromatic amines is 1. The van der Waals surface area contributed by atoms with Gasteiger partial charge < -0.3 is 14.6 Å². The molecule has 0 saturated carbocycles. The number of ether oxygens (including phenoxy) is 1. The van der Waals surface area contributed by atoms with Gasteiger partial charge in [0.05, 0.1) is 0 Å². The van der Waals surface area contributed by atoms with Crippen molar-refractivity contribution in [1.29, 1.82) is 0 Å². The van der Waals surface area contributed by atoms with E-state index in [0.717, 1.165) is 30.4 Å². The Balaban J connectivity index is 1.75. The van der Waals surface area contributed by atoms with E-state index in [1.165, 1.54) is 0 Å². The summed E-state index contributed by atoms with van der Waals surface area (Å²) >= 11 is 1.69. The first kappa shape index (κ1) is 14.2. The molecule has 1 aliphatic rings. The van der Waals surface area contributed by atoms with Crippen molar-refractivity contribution in [3.8, 4) is 0 Å². The van der Waals surface area contributed by atoms with Crippen LogP contribution in [0.4, 0.5) is 4.79 Å². The van der Waals surface area contributed by atoms with Crippen LogP contribution in [0.15, 0.2) is 11.4 Å². The highest BCUT2D eigenvalue weighted by Crippen LogP contribution is 2.28. The van der Waals surface area contributed by atoms with Gasteiger partial charge in [0.15, 0.2) is 5.16 Å². The van der Waals surface area contributed by atoms with Crippen molar-refractivity contribution in [2.45, 2.75) is 50.1 Å². The molecule has 0 radical (unpaired) electrons. The van der Waals surface area contributed by atoms with Gasteiger partial charge in [-0.1, -0.05) is 18.7 Å². The lowest BCUT2D eigenvalue weighted by Gasteiger charge is -2.38. The molecule has 1 amide bonds. The van der Waals surface area contributed by atoms with E-state index in [4.69, 9.17) is 4.74 Å². The summed E-state index contributed by atoms with van der Waals surface area (Å²) in [7, 11) is 0. The van der Waals surface area contributed by atoms with E-state index in [-0.39, 0.29) is 6.09 Å². The number of nitrogens with one attached hydrogen (secondary N) is 1. The van der Waals surface area contributed by atoms with Gasteiger partial charge in [0.2, 0.25) is 0 Å². The second kappa shape index (κ2) is 5.45. The van der Waals surface area contributed by atoms with Gasteiger partial charge >= 0.3 is 6.09 Å². The number of H-pyrrole nitrogens is 1. The maximum absolute atomic E-state index is 11.8. The third-order valence-electron chi connectivity index (χ3n) is 2.76. The number of nitrogens with zero attached hydrogens (tertiary/aromatic N) is 2. The molecule has 19 heavy (non-hydrogen) atoms. The summed E-state index contributed by atoms with van der Waals surface area (Å²) < 4.78 is 5.32. The lowest BCUT2D eigenvalue weighted by Crippen LogP contribution is -2.53. The number of likely N-dealkylation sites (tertiary alicyclic amines) is 1. The monoisotopic (exact) mass is 283 g/mol. The third-order valence-corrected chi connectivity index (χ3v) is 3.83. The van der Waals surface area contributed by atoms with Crippen LogP contribution in [-0.4, -0.2) is 44.9 Å². The van der Waals surface area contributed by atoms with E-state index in [2.05, 4.69) is 16.9 Å². The zero-order chi connectivity index (χ0) is 14.0. The largest absolute Gasteiger partial charge is 0.444 e. The number of carbonyl (C=O) groups excluding carboxylic acids is 1. The van der Waals surface area contributed by atoms with Crippen LogP contribution in [0, 0.1) is 0 Å². The molecular weight excluding hydrogens is 262 g/mol. The number of hydrogen-bond acceptors (Lipinski definition) is 4. The van der Waals surface area contributed by atoms with E-state index in [1.54, 1.807) is 16.7 Å². The third kappa shape index (κ3) is 3.89. The molecule has 1 aromatic heterocycles. The van der Waals surface area contributed by atoms with Crippen molar-refractivity contribution in [3.05, 3.63) is 11.9 Å². The average Bonchev–Trinajstić information content (AvgIpc) is 2.67. The SMILES string of the molecule is CCc1cnc(SC2CN(C(=O)OC(C)(C)C)C2)[nH]1. The van der Waals surface area contributed by atoms with Crippen LogP contribution in [0.1, 0.15) is 33.4 Å². The lowest BCUT2D eigenvalue weighted by molar-refractivity contribution is 0.0143. The molecule has 2 heterocycles. The summed E-state index contributed by atoms with van der Waals surface area (Å²) in [6.07, 6.45) is 2.60. The molecule has 1 N–H and O–H groups in total. The summed E-state index contributed by atoms with van der Waals surface area (Å²) in [6, 6.07) is 0. The van der Waals surface area contributed by atoms with Crippen LogP contribution in [-0.2, 0) is 11.2 Å². The molecule has 1 aliphatic heterocycles. The van der Waals surface area contributed by atoms with Gasteiger partial charge in [0, 0.05) is 30.2 Å². The lowest BCUT2D eigenvalue weighted by atomic mass is 10.2. The summed E-state index contributed by atoms with van der Waals surface area (Å²) in [5.41, 5.74) is 0.720. The molecular formula is C13H21N3O2S. The minimum atomic E-state index is -0.424. The van der Waals surface area contributed by atoms with E-state index in [9.17, 15) is 4.79 Å². The predicted octanol–water partition coefficient (Wildman–Crippen LogP) is 2.68. The van der Waals surface area contributed by atoms with Crippen LogP contribution in [0.5, 0.6) is 0 Å². The highest BCUT2D eigenvalue weighted by atomic mass is 32.2. The van der Waals surface area contributed by atoms with Gasteiger partial charge in [-0.2, -0.15) is 0 Å². The molecule has 1 aromatic rings. The smallest absolute Gasteiger partial charge is 0.410 e. The van der Waals surface area contributed by atoms with E-state index in [0.29, 0.717) is 5.25 Å². The molecule has 0 unspecified atom stereocenters. The molecule has 0 atom stereocenters. The van der Waals surface area contributed by atoms with Crippen LogP contribution in [0.25, 0.3) is 0 Å². The first-order valence-corrected chi connectivity index (χ1v) is 7.44. The molecule has 0 aromatic carbocycles. The first-order valence-electron chi connectivity index (χ1n) is 6.56. The fraction of sp³-hybridized carbons (Fsp3) is 0.692. The molecule has 2 rings (SSSR count). The van der Waals surface area contributed by atoms with Gasteiger partial charge in [-0.15, -0.1) is 0 Å². The highest BCUT2D eigenvalue weighted by Gasteiger charge is 2.34. The fourth-order valence-corrected chi connectivity index (χ4v) is 2.85. The predicted molar refractivity (Wildman–Crippen MR) is 75.4 cm³/mol. The Hall–Kier alpha value is -1.17. The van der Waals surface area contributed by atoms with Gasteiger partial charge in [-0.05, 0) is 27.2 Å². The van der Waals surface area contributed by atoms with E-state index < -0.39 is 5.60 Å². The number of carbonyl (C=O) groups is 1. The van der Waals surface area contributed by atoms with Crippen molar-refractivity contribution >= 4 is 17.9 Å². The zero-order valence-electron chi connectivity index (χ0n) is 11.9. The quantitative estimate of drug-likeness (QED) is 0.926. The summed E-state index contributed by atoms with van der Waals surface area (Å²) in [5, 5.41) is 1.34. The molecule has 0 aliphatic carbocycles. The normalized spacial score (nSPS) is 16.3. The number of aromatic nitrogens is 2. The van der Waals surface area contributed by atoms with E-state index in [1.807, 2.05) is 27.0 Å².